The highest BCUT2D eigenvalue weighted by Gasteiger charge is 2.18. The second-order valence-corrected chi connectivity index (χ2v) is 5.26. The van der Waals surface area contributed by atoms with Crippen molar-refractivity contribution >= 4 is 9.84 Å². The number of rotatable bonds is 3. The van der Waals surface area contributed by atoms with Gasteiger partial charge in [-0.15, -0.1) is 0 Å². The third-order valence-electron chi connectivity index (χ3n) is 1.46. The van der Waals surface area contributed by atoms with Crippen LogP contribution in [0.5, 0.6) is 0 Å². The Morgan fingerprint density at radius 3 is 2.67 bits per heavy atom. The molecule has 0 atom stereocenters. The molecule has 0 saturated heterocycles. The van der Waals surface area contributed by atoms with E-state index in [1.54, 1.807) is 13.8 Å². The third-order valence-corrected chi connectivity index (χ3v) is 3.55. The molecule has 0 N–H and O–H groups in total. The zero-order valence-electron chi connectivity index (χ0n) is 6.89. The summed E-state index contributed by atoms with van der Waals surface area (Å²) in [5.41, 5.74) is 0. The Hall–Kier alpha value is -0.910. The predicted octanol–water partition coefficient (Wildman–Crippen LogP) is 0.393. The van der Waals surface area contributed by atoms with Gasteiger partial charge in [-0.25, -0.2) is 8.42 Å². The Morgan fingerprint density at radius 1 is 1.58 bits per heavy atom. The van der Waals surface area contributed by atoms with Crippen LogP contribution in [0.1, 0.15) is 19.7 Å². The second-order valence-electron chi connectivity index (χ2n) is 2.70. The largest absolute Gasteiger partial charge is 0.343 e. The Balaban J connectivity index is 2.77. The standard InChI is InChI=1S/C6H10N2O3S/c1-5(2)12(9,10)3-6-7-4-11-8-6/h4-5H,3H2,1-2H3. The van der Waals surface area contributed by atoms with Gasteiger partial charge < -0.3 is 4.52 Å². The van der Waals surface area contributed by atoms with Crippen LogP contribution in [-0.4, -0.2) is 23.8 Å². The van der Waals surface area contributed by atoms with Crippen LogP contribution < -0.4 is 0 Å². The molecule has 68 valence electrons. The van der Waals surface area contributed by atoms with E-state index in [4.69, 9.17) is 0 Å². The molecule has 1 aromatic heterocycles. The van der Waals surface area contributed by atoms with Gasteiger partial charge in [0.25, 0.3) is 0 Å². The summed E-state index contributed by atoms with van der Waals surface area (Å²) in [6, 6.07) is 0. The molecule has 0 amide bonds. The molecule has 0 spiro atoms. The molecule has 1 heterocycles. The van der Waals surface area contributed by atoms with Crippen molar-refractivity contribution in [2.75, 3.05) is 0 Å². The number of hydrogen-bond donors (Lipinski definition) is 0. The van der Waals surface area contributed by atoms with Crippen molar-refractivity contribution in [1.29, 1.82) is 0 Å². The van der Waals surface area contributed by atoms with Gasteiger partial charge in [0, 0.05) is 0 Å². The monoisotopic (exact) mass is 190 g/mol. The van der Waals surface area contributed by atoms with Gasteiger partial charge in [0.05, 0.1) is 5.25 Å². The minimum atomic E-state index is -3.11. The predicted molar refractivity (Wildman–Crippen MR) is 42.1 cm³/mol. The Kier molecular flexibility index (Phi) is 2.46. The van der Waals surface area contributed by atoms with Crippen molar-refractivity contribution in [3.05, 3.63) is 12.2 Å². The first-order valence-electron chi connectivity index (χ1n) is 3.49. The van der Waals surface area contributed by atoms with E-state index < -0.39 is 15.1 Å². The highest BCUT2D eigenvalue weighted by molar-refractivity contribution is 7.91. The van der Waals surface area contributed by atoms with Crippen LogP contribution in [0.3, 0.4) is 0 Å². The van der Waals surface area contributed by atoms with Crippen molar-refractivity contribution in [2.24, 2.45) is 0 Å². The fourth-order valence-electron chi connectivity index (χ4n) is 0.603. The minimum absolute atomic E-state index is 0.152. The molecule has 0 aliphatic rings. The fourth-order valence-corrected chi connectivity index (χ4v) is 1.42. The van der Waals surface area contributed by atoms with Crippen LogP contribution in [0.25, 0.3) is 0 Å². The molecule has 0 saturated carbocycles. The van der Waals surface area contributed by atoms with Crippen LogP contribution in [0, 0.1) is 0 Å². The molecule has 0 aromatic carbocycles. The van der Waals surface area contributed by atoms with Gasteiger partial charge in [-0.3, -0.25) is 0 Å². The summed E-state index contributed by atoms with van der Waals surface area (Å²) in [7, 11) is -3.11. The molecule has 0 radical (unpaired) electrons. The van der Waals surface area contributed by atoms with E-state index in [2.05, 4.69) is 14.7 Å². The summed E-state index contributed by atoms with van der Waals surface area (Å²) in [5, 5.41) is 3.01. The maximum Gasteiger partial charge on any atom is 0.213 e. The lowest BCUT2D eigenvalue weighted by molar-refractivity contribution is 0.411. The van der Waals surface area contributed by atoms with E-state index in [1.165, 1.54) is 0 Å². The van der Waals surface area contributed by atoms with Crippen molar-refractivity contribution < 1.29 is 12.9 Å². The first-order chi connectivity index (χ1) is 5.52. The summed E-state index contributed by atoms with van der Waals surface area (Å²) in [5.74, 6) is 0.0601. The number of hydrogen-bond acceptors (Lipinski definition) is 5. The molecule has 0 bridgehead atoms. The molecule has 5 nitrogen and oxygen atoms in total. The van der Waals surface area contributed by atoms with Crippen LogP contribution in [0.15, 0.2) is 10.9 Å². The molecule has 6 heteroatoms. The molecule has 0 unspecified atom stereocenters. The van der Waals surface area contributed by atoms with Crippen molar-refractivity contribution in [3.63, 3.8) is 0 Å². The Morgan fingerprint density at radius 2 is 2.25 bits per heavy atom. The fraction of sp³-hybridized carbons (Fsp3) is 0.667. The number of sulfone groups is 1. The number of nitrogens with zero attached hydrogens (tertiary/aromatic N) is 2. The Bertz CT molecular complexity index is 328. The first kappa shape index (κ1) is 9.18. The van der Waals surface area contributed by atoms with Gasteiger partial charge in [0.1, 0.15) is 5.75 Å². The summed E-state index contributed by atoms with van der Waals surface area (Å²) in [6.45, 7) is 3.24. The van der Waals surface area contributed by atoms with Crippen molar-refractivity contribution in [1.82, 2.24) is 10.1 Å². The maximum absolute atomic E-state index is 11.3. The van der Waals surface area contributed by atoms with Crippen LogP contribution >= 0.6 is 0 Å². The third kappa shape index (κ3) is 2.04. The lowest BCUT2D eigenvalue weighted by Gasteiger charge is -2.03. The molecule has 1 aromatic rings. The second kappa shape index (κ2) is 3.22. The molecule has 1 rings (SSSR count). The first-order valence-corrected chi connectivity index (χ1v) is 5.21. The highest BCUT2D eigenvalue weighted by atomic mass is 32.2. The summed E-state index contributed by atoms with van der Waals surface area (Å²) >= 11 is 0. The van der Waals surface area contributed by atoms with Crippen molar-refractivity contribution in [3.8, 4) is 0 Å². The molecular formula is C6H10N2O3S. The van der Waals surface area contributed by atoms with E-state index >= 15 is 0 Å². The van der Waals surface area contributed by atoms with E-state index in [1.807, 2.05) is 0 Å². The molecular weight excluding hydrogens is 180 g/mol. The quantitative estimate of drug-likeness (QED) is 0.689. The summed E-state index contributed by atoms with van der Waals surface area (Å²) < 4.78 is 27.0. The molecule has 0 fully saturated rings. The zero-order valence-corrected chi connectivity index (χ0v) is 7.71. The zero-order chi connectivity index (χ0) is 9.19. The molecule has 0 aliphatic heterocycles. The van der Waals surface area contributed by atoms with E-state index in [9.17, 15) is 8.42 Å². The van der Waals surface area contributed by atoms with Crippen LogP contribution in [0.4, 0.5) is 0 Å². The normalized spacial score (nSPS) is 12.2. The van der Waals surface area contributed by atoms with Gasteiger partial charge in [-0.05, 0) is 13.8 Å². The minimum Gasteiger partial charge on any atom is -0.343 e. The van der Waals surface area contributed by atoms with Gasteiger partial charge >= 0.3 is 0 Å². The lowest BCUT2D eigenvalue weighted by Crippen LogP contribution is -2.16. The van der Waals surface area contributed by atoms with E-state index in [0.29, 0.717) is 0 Å². The SMILES string of the molecule is CC(C)S(=O)(=O)Cc1ncon1. The van der Waals surface area contributed by atoms with Gasteiger partial charge in [0.2, 0.25) is 6.39 Å². The van der Waals surface area contributed by atoms with Gasteiger partial charge in [-0.2, -0.15) is 4.98 Å². The topological polar surface area (TPSA) is 73.1 Å². The van der Waals surface area contributed by atoms with E-state index in [0.717, 1.165) is 6.39 Å². The average Bonchev–Trinajstić information content (AvgIpc) is 2.38. The molecule has 12 heavy (non-hydrogen) atoms. The van der Waals surface area contributed by atoms with Crippen molar-refractivity contribution in [2.45, 2.75) is 24.9 Å². The summed E-state index contributed by atoms with van der Waals surface area (Å²) in [4.78, 5) is 3.63. The highest BCUT2D eigenvalue weighted by Crippen LogP contribution is 2.06. The molecule has 0 aliphatic carbocycles. The number of aromatic nitrogens is 2. The average molecular weight is 190 g/mol. The Labute approximate surface area is 70.7 Å². The van der Waals surface area contributed by atoms with Gasteiger partial charge in [-0.1, -0.05) is 5.16 Å². The smallest absolute Gasteiger partial charge is 0.213 e. The summed E-state index contributed by atoms with van der Waals surface area (Å²) in [6.07, 6.45) is 1.12. The van der Waals surface area contributed by atoms with Gasteiger partial charge in [0.15, 0.2) is 15.7 Å². The lowest BCUT2D eigenvalue weighted by atomic mass is 10.6. The van der Waals surface area contributed by atoms with Crippen LogP contribution in [0.2, 0.25) is 0 Å². The van der Waals surface area contributed by atoms with Crippen LogP contribution in [-0.2, 0) is 15.6 Å². The maximum atomic E-state index is 11.3. The van der Waals surface area contributed by atoms with E-state index in [-0.39, 0.29) is 11.6 Å².